The van der Waals surface area contributed by atoms with E-state index in [9.17, 15) is 8.42 Å². The van der Waals surface area contributed by atoms with Crippen LogP contribution in [0.3, 0.4) is 0 Å². The predicted molar refractivity (Wildman–Crippen MR) is 91.8 cm³/mol. The third-order valence-electron chi connectivity index (χ3n) is 3.17. The first-order chi connectivity index (χ1) is 9.81. The molecule has 0 fully saturated rings. The molecule has 0 saturated heterocycles. The maximum Gasteiger partial charge on any atom is 0.242 e. The lowest BCUT2D eigenvalue weighted by Crippen LogP contribution is -2.27. The molecule has 0 saturated carbocycles. The largest absolute Gasteiger partial charge is 0.242 e. The van der Waals surface area contributed by atoms with E-state index in [1.165, 1.54) is 0 Å². The van der Waals surface area contributed by atoms with Gasteiger partial charge in [0.15, 0.2) is 0 Å². The summed E-state index contributed by atoms with van der Waals surface area (Å²) in [4.78, 5) is 0.228. The summed E-state index contributed by atoms with van der Waals surface area (Å²) < 4.78 is 29.1. The molecule has 6 heteroatoms. The van der Waals surface area contributed by atoms with Gasteiger partial charge in [-0.15, -0.1) is 0 Å². The highest BCUT2D eigenvalue weighted by atomic mass is 79.9. The molecule has 0 spiro atoms. The molecular formula is C15H15Br2NO2S. The third-order valence-corrected chi connectivity index (χ3v) is 6.18. The molecule has 0 aromatic heterocycles. The standard InChI is InChI=1S/C15H15Br2NO2S/c1-10-5-3-4-6-13(10)11(2)18-21(19,20)15-8-7-12(16)9-14(15)17/h3-9,11,18H,1-2H3. The lowest BCUT2D eigenvalue weighted by atomic mass is 10.0. The number of hydrogen-bond donors (Lipinski definition) is 1. The van der Waals surface area contributed by atoms with E-state index >= 15 is 0 Å². The van der Waals surface area contributed by atoms with E-state index in [-0.39, 0.29) is 10.9 Å². The van der Waals surface area contributed by atoms with E-state index < -0.39 is 10.0 Å². The Kier molecular flexibility index (Phi) is 5.24. The van der Waals surface area contributed by atoms with Gasteiger partial charge in [-0.2, -0.15) is 0 Å². The van der Waals surface area contributed by atoms with Gasteiger partial charge >= 0.3 is 0 Å². The van der Waals surface area contributed by atoms with Crippen LogP contribution in [0.2, 0.25) is 0 Å². The van der Waals surface area contributed by atoms with E-state index in [2.05, 4.69) is 36.6 Å². The summed E-state index contributed by atoms with van der Waals surface area (Å²) in [5.41, 5.74) is 2.02. The van der Waals surface area contributed by atoms with E-state index in [1.807, 2.05) is 38.1 Å². The van der Waals surface area contributed by atoms with Crippen molar-refractivity contribution in [3.05, 3.63) is 62.5 Å². The number of aryl methyl sites for hydroxylation is 1. The van der Waals surface area contributed by atoms with Crippen molar-refractivity contribution in [1.82, 2.24) is 4.72 Å². The van der Waals surface area contributed by atoms with Crippen LogP contribution in [-0.4, -0.2) is 8.42 Å². The molecule has 1 unspecified atom stereocenters. The highest BCUT2D eigenvalue weighted by Gasteiger charge is 2.21. The monoisotopic (exact) mass is 431 g/mol. The van der Waals surface area contributed by atoms with Crippen LogP contribution >= 0.6 is 31.9 Å². The first-order valence-corrected chi connectivity index (χ1v) is 9.41. The average molecular weight is 433 g/mol. The van der Waals surface area contributed by atoms with Crippen molar-refractivity contribution in [2.24, 2.45) is 0 Å². The smallest absolute Gasteiger partial charge is 0.207 e. The van der Waals surface area contributed by atoms with Crippen molar-refractivity contribution >= 4 is 41.9 Å². The van der Waals surface area contributed by atoms with Crippen LogP contribution in [0.1, 0.15) is 24.1 Å². The molecule has 2 aromatic rings. The molecule has 1 atom stereocenters. The average Bonchev–Trinajstić information content (AvgIpc) is 2.37. The molecule has 0 heterocycles. The molecule has 0 amide bonds. The van der Waals surface area contributed by atoms with Gasteiger partial charge in [-0.3, -0.25) is 0 Å². The van der Waals surface area contributed by atoms with Crippen LogP contribution in [-0.2, 0) is 10.0 Å². The quantitative estimate of drug-likeness (QED) is 0.769. The van der Waals surface area contributed by atoms with Gasteiger partial charge in [0, 0.05) is 15.0 Å². The summed E-state index contributed by atoms with van der Waals surface area (Å²) in [6.07, 6.45) is 0. The minimum Gasteiger partial charge on any atom is -0.207 e. The highest BCUT2D eigenvalue weighted by molar-refractivity contribution is 9.11. The Balaban J connectivity index is 2.31. The van der Waals surface area contributed by atoms with Crippen LogP contribution in [0.15, 0.2) is 56.3 Å². The number of hydrogen-bond acceptors (Lipinski definition) is 2. The molecule has 21 heavy (non-hydrogen) atoms. The zero-order valence-corrected chi connectivity index (χ0v) is 15.6. The highest BCUT2D eigenvalue weighted by Crippen LogP contribution is 2.27. The molecule has 0 radical (unpaired) electrons. The molecule has 2 aromatic carbocycles. The number of rotatable bonds is 4. The van der Waals surface area contributed by atoms with Crippen LogP contribution in [0.4, 0.5) is 0 Å². The number of nitrogens with one attached hydrogen (secondary N) is 1. The van der Waals surface area contributed by atoms with Gasteiger partial charge in [-0.05, 0) is 59.1 Å². The van der Waals surface area contributed by atoms with Crippen molar-refractivity contribution < 1.29 is 8.42 Å². The predicted octanol–water partition coefficient (Wildman–Crippen LogP) is 4.56. The first-order valence-electron chi connectivity index (χ1n) is 6.34. The zero-order valence-electron chi connectivity index (χ0n) is 11.6. The van der Waals surface area contributed by atoms with E-state index in [1.54, 1.807) is 18.2 Å². The molecule has 0 aliphatic rings. The maximum absolute atomic E-state index is 12.5. The molecular weight excluding hydrogens is 418 g/mol. The summed E-state index contributed by atoms with van der Waals surface area (Å²) >= 11 is 6.61. The topological polar surface area (TPSA) is 46.2 Å². The van der Waals surface area contributed by atoms with E-state index in [4.69, 9.17) is 0 Å². The lowest BCUT2D eigenvalue weighted by molar-refractivity contribution is 0.566. The van der Waals surface area contributed by atoms with Crippen molar-refractivity contribution in [1.29, 1.82) is 0 Å². The zero-order chi connectivity index (χ0) is 15.6. The fraction of sp³-hybridized carbons (Fsp3) is 0.200. The van der Waals surface area contributed by atoms with E-state index in [0.29, 0.717) is 4.47 Å². The molecule has 1 N–H and O–H groups in total. The Morgan fingerprint density at radius 1 is 1.10 bits per heavy atom. The number of halogens is 2. The Bertz CT molecular complexity index is 760. The second kappa shape index (κ2) is 6.60. The summed E-state index contributed by atoms with van der Waals surface area (Å²) in [7, 11) is -3.59. The minimum absolute atomic E-state index is 0.228. The number of benzene rings is 2. The van der Waals surface area contributed by atoms with Crippen molar-refractivity contribution in [3.63, 3.8) is 0 Å². The molecule has 112 valence electrons. The molecule has 0 aliphatic carbocycles. The van der Waals surface area contributed by atoms with Gasteiger partial charge in [0.25, 0.3) is 0 Å². The molecule has 0 aliphatic heterocycles. The van der Waals surface area contributed by atoms with Crippen LogP contribution in [0.5, 0.6) is 0 Å². The van der Waals surface area contributed by atoms with Gasteiger partial charge in [-0.25, -0.2) is 13.1 Å². The second-order valence-corrected chi connectivity index (χ2v) is 8.23. The number of sulfonamides is 1. The van der Waals surface area contributed by atoms with Gasteiger partial charge in [0.2, 0.25) is 10.0 Å². The summed E-state index contributed by atoms with van der Waals surface area (Å²) in [5.74, 6) is 0. The van der Waals surface area contributed by atoms with E-state index in [0.717, 1.165) is 15.6 Å². The second-order valence-electron chi connectivity index (χ2n) is 4.77. The van der Waals surface area contributed by atoms with Crippen LogP contribution in [0, 0.1) is 6.92 Å². The van der Waals surface area contributed by atoms with Crippen LogP contribution in [0.25, 0.3) is 0 Å². The third kappa shape index (κ3) is 3.94. The van der Waals surface area contributed by atoms with Crippen LogP contribution < -0.4 is 4.72 Å². The van der Waals surface area contributed by atoms with Gasteiger partial charge in [-0.1, -0.05) is 40.2 Å². The van der Waals surface area contributed by atoms with Gasteiger partial charge in [0.05, 0.1) is 4.90 Å². The summed E-state index contributed by atoms with van der Waals surface area (Å²) in [6, 6.07) is 12.4. The molecule has 0 bridgehead atoms. The first kappa shape index (κ1) is 16.7. The maximum atomic E-state index is 12.5. The Morgan fingerprint density at radius 2 is 1.76 bits per heavy atom. The Hall–Kier alpha value is -0.690. The van der Waals surface area contributed by atoms with Crippen molar-refractivity contribution in [3.8, 4) is 0 Å². The molecule has 3 nitrogen and oxygen atoms in total. The normalized spacial score (nSPS) is 13.1. The van der Waals surface area contributed by atoms with Gasteiger partial charge < -0.3 is 0 Å². The van der Waals surface area contributed by atoms with Crippen molar-refractivity contribution in [2.75, 3.05) is 0 Å². The summed E-state index contributed by atoms with van der Waals surface area (Å²) in [5, 5.41) is 0. The fourth-order valence-electron chi connectivity index (χ4n) is 2.13. The van der Waals surface area contributed by atoms with Gasteiger partial charge in [0.1, 0.15) is 0 Å². The molecule has 2 rings (SSSR count). The minimum atomic E-state index is -3.59. The van der Waals surface area contributed by atoms with Crippen molar-refractivity contribution in [2.45, 2.75) is 24.8 Å². The lowest BCUT2D eigenvalue weighted by Gasteiger charge is -2.17. The fourth-order valence-corrected chi connectivity index (χ4v) is 5.09. The Labute approximate surface area is 142 Å². The SMILES string of the molecule is Cc1ccccc1C(C)NS(=O)(=O)c1ccc(Br)cc1Br. The summed E-state index contributed by atoms with van der Waals surface area (Å²) in [6.45, 7) is 3.81. The Morgan fingerprint density at radius 3 is 2.38 bits per heavy atom.